The fourth-order valence-corrected chi connectivity index (χ4v) is 4.77. The largest absolute Gasteiger partial charge is 0.439 e. The average Bonchev–Trinajstić information content (AvgIpc) is 3.30. The molecule has 1 amide bonds. The van der Waals surface area contributed by atoms with Gasteiger partial charge >= 0.3 is 0 Å². The summed E-state index contributed by atoms with van der Waals surface area (Å²) in [6, 6.07) is 14.2. The minimum atomic E-state index is 0.0157. The van der Waals surface area contributed by atoms with Crippen molar-refractivity contribution in [3.05, 3.63) is 71.0 Å². The fraction of sp³-hybridized carbons (Fsp3) is 0.370. The van der Waals surface area contributed by atoms with E-state index >= 15 is 0 Å². The molecule has 2 heterocycles. The standard InChI is InChI=1S/C27H30N4O2/c1-18-5-3-8-24(19(18)2)33-26-16-25(28-17-29-26)31-13-11-21(12-14-31)27(32)30-23-10-9-20-6-4-7-22(20)15-23/h3,5,8-10,15-17,21H,4,6-7,11-14H2,1-2H3,(H,30,32). The fourth-order valence-electron chi connectivity index (χ4n) is 4.77. The van der Waals surface area contributed by atoms with Gasteiger partial charge in [-0.05, 0) is 86.4 Å². The van der Waals surface area contributed by atoms with Gasteiger partial charge in [-0.2, -0.15) is 0 Å². The number of ether oxygens (including phenoxy) is 1. The predicted octanol–water partition coefficient (Wildman–Crippen LogP) is 5.23. The van der Waals surface area contributed by atoms with Gasteiger partial charge in [0.25, 0.3) is 0 Å². The molecular formula is C27H30N4O2. The van der Waals surface area contributed by atoms with Crippen molar-refractivity contribution in [2.45, 2.75) is 46.0 Å². The molecule has 1 fully saturated rings. The Kier molecular flexibility index (Phi) is 5.99. The van der Waals surface area contributed by atoms with Crippen LogP contribution in [-0.4, -0.2) is 29.0 Å². The normalized spacial score (nSPS) is 15.9. The highest BCUT2D eigenvalue weighted by atomic mass is 16.5. The van der Waals surface area contributed by atoms with E-state index in [0.29, 0.717) is 5.88 Å². The summed E-state index contributed by atoms with van der Waals surface area (Å²) in [6.45, 7) is 5.67. The van der Waals surface area contributed by atoms with E-state index < -0.39 is 0 Å². The van der Waals surface area contributed by atoms with E-state index in [1.165, 1.54) is 23.1 Å². The zero-order chi connectivity index (χ0) is 22.8. The smallest absolute Gasteiger partial charge is 0.227 e. The number of aromatic nitrogens is 2. The van der Waals surface area contributed by atoms with Gasteiger partial charge in [0, 0.05) is 30.8 Å². The van der Waals surface area contributed by atoms with Crippen LogP contribution in [0, 0.1) is 19.8 Å². The quantitative estimate of drug-likeness (QED) is 0.586. The molecule has 0 radical (unpaired) electrons. The number of nitrogens with one attached hydrogen (secondary N) is 1. The number of hydrogen-bond acceptors (Lipinski definition) is 5. The molecule has 2 aliphatic rings. The summed E-state index contributed by atoms with van der Waals surface area (Å²) >= 11 is 0. The van der Waals surface area contributed by atoms with E-state index in [4.69, 9.17) is 4.74 Å². The number of benzene rings is 2. The van der Waals surface area contributed by atoms with Gasteiger partial charge in [-0.15, -0.1) is 0 Å². The molecule has 1 aromatic heterocycles. The molecule has 1 aliphatic heterocycles. The Labute approximate surface area is 195 Å². The summed E-state index contributed by atoms with van der Waals surface area (Å²) in [5, 5.41) is 3.14. The van der Waals surface area contributed by atoms with Gasteiger partial charge < -0.3 is 15.0 Å². The second-order valence-electron chi connectivity index (χ2n) is 9.10. The van der Waals surface area contributed by atoms with E-state index in [-0.39, 0.29) is 11.8 Å². The molecule has 0 spiro atoms. The van der Waals surface area contributed by atoms with Crippen molar-refractivity contribution in [2.24, 2.45) is 5.92 Å². The molecule has 6 heteroatoms. The molecule has 0 atom stereocenters. The van der Waals surface area contributed by atoms with Crippen molar-refractivity contribution in [3.8, 4) is 11.6 Å². The second-order valence-corrected chi connectivity index (χ2v) is 9.10. The molecule has 170 valence electrons. The van der Waals surface area contributed by atoms with Gasteiger partial charge in [-0.1, -0.05) is 18.2 Å². The molecule has 1 N–H and O–H groups in total. The number of anilines is 2. The maximum Gasteiger partial charge on any atom is 0.227 e. The molecule has 33 heavy (non-hydrogen) atoms. The Morgan fingerprint density at radius 3 is 2.70 bits per heavy atom. The Balaban J connectivity index is 1.19. The lowest BCUT2D eigenvalue weighted by Gasteiger charge is -2.32. The third kappa shape index (κ3) is 4.70. The third-order valence-corrected chi connectivity index (χ3v) is 6.95. The molecule has 0 unspecified atom stereocenters. The summed E-state index contributed by atoms with van der Waals surface area (Å²) in [4.78, 5) is 23.8. The molecule has 5 rings (SSSR count). The lowest BCUT2D eigenvalue weighted by Crippen LogP contribution is -2.38. The number of fused-ring (bicyclic) bond motifs is 1. The number of rotatable bonds is 5. The van der Waals surface area contributed by atoms with Crippen LogP contribution in [0.15, 0.2) is 48.8 Å². The van der Waals surface area contributed by atoms with Crippen molar-refractivity contribution in [3.63, 3.8) is 0 Å². The molecular weight excluding hydrogens is 412 g/mol. The minimum Gasteiger partial charge on any atom is -0.439 e. The molecule has 2 aromatic carbocycles. The van der Waals surface area contributed by atoms with Gasteiger partial charge in [0.15, 0.2) is 0 Å². The van der Waals surface area contributed by atoms with Crippen LogP contribution in [-0.2, 0) is 17.6 Å². The maximum atomic E-state index is 12.9. The summed E-state index contributed by atoms with van der Waals surface area (Å²) < 4.78 is 6.04. The van der Waals surface area contributed by atoms with E-state index in [0.717, 1.165) is 61.6 Å². The molecule has 0 saturated carbocycles. The maximum absolute atomic E-state index is 12.9. The summed E-state index contributed by atoms with van der Waals surface area (Å²) in [6.07, 6.45) is 6.63. The zero-order valence-corrected chi connectivity index (χ0v) is 19.3. The SMILES string of the molecule is Cc1cccc(Oc2cc(N3CCC(C(=O)Nc4ccc5c(c4)CCC5)CC3)ncn2)c1C. The Bertz CT molecular complexity index is 1170. The third-order valence-electron chi connectivity index (χ3n) is 6.95. The average molecular weight is 443 g/mol. The summed E-state index contributed by atoms with van der Waals surface area (Å²) in [5.74, 6) is 2.31. The number of piperidine rings is 1. The first-order valence-electron chi connectivity index (χ1n) is 11.8. The van der Waals surface area contributed by atoms with Crippen molar-refractivity contribution in [1.82, 2.24) is 9.97 Å². The Hall–Kier alpha value is -3.41. The number of carbonyl (C=O) groups is 1. The highest BCUT2D eigenvalue weighted by Crippen LogP contribution is 2.29. The zero-order valence-electron chi connectivity index (χ0n) is 19.3. The number of hydrogen-bond donors (Lipinski definition) is 1. The van der Waals surface area contributed by atoms with Crippen LogP contribution in [0.2, 0.25) is 0 Å². The second kappa shape index (κ2) is 9.22. The number of amides is 1. The van der Waals surface area contributed by atoms with Crippen molar-refractivity contribution < 1.29 is 9.53 Å². The van der Waals surface area contributed by atoms with Crippen LogP contribution in [0.3, 0.4) is 0 Å². The summed E-state index contributed by atoms with van der Waals surface area (Å²) in [5.41, 5.74) is 6.01. The topological polar surface area (TPSA) is 67.3 Å². The monoisotopic (exact) mass is 442 g/mol. The van der Waals surface area contributed by atoms with Crippen LogP contribution in [0.4, 0.5) is 11.5 Å². The first-order chi connectivity index (χ1) is 16.1. The number of nitrogens with zero attached hydrogens (tertiary/aromatic N) is 3. The van der Waals surface area contributed by atoms with Crippen LogP contribution >= 0.6 is 0 Å². The lowest BCUT2D eigenvalue weighted by atomic mass is 9.95. The van der Waals surface area contributed by atoms with Gasteiger partial charge in [0.1, 0.15) is 17.9 Å². The first-order valence-corrected chi connectivity index (χ1v) is 11.8. The number of aryl methyl sites for hydroxylation is 3. The predicted molar refractivity (Wildman–Crippen MR) is 130 cm³/mol. The molecule has 1 saturated heterocycles. The van der Waals surface area contributed by atoms with Crippen molar-refractivity contribution >= 4 is 17.4 Å². The van der Waals surface area contributed by atoms with E-state index in [9.17, 15) is 4.79 Å². The van der Waals surface area contributed by atoms with Crippen molar-refractivity contribution in [1.29, 1.82) is 0 Å². The van der Waals surface area contributed by atoms with Gasteiger partial charge in [0.05, 0.1) is 0 Å². The van der Waals surface area contributed by atoms with Crippen LogP contribution in [0.1, 0.15) is 41.5 Å². The molecule has 1 aliphatic carbocycles. The highest BCUT2D eigenvalue weighted by molar-refractivity contribution is 5.92. The lowest BCUT2D eigenvalue weighted by molar-refractivity contribution is -0.120. The highest BCUT2D eigenvalue weighted by Gasteiger charge is 2.26. The molecule has 6 nitrogen and oxygen atoms in total. The van der Waals surface area contributed by atoms with E-state index in [1.807, 2.05) is 31.2 Å². The molecule has 0 bridgehead atoms. The van der Waals surface area contributed by atoms with E-state index in [2.05, 4.69) is 45.3 Å². The van der Waals surface area contributed by atoms with Gasteiger partial charge in [-0.25, -0.2) is 9.97 Å². The number of carbonyl (C=O) groups excluding carboxylic acids is 1. The Morgan fingerprint density at radius 2 is 1.85 bits per heavy atom. The summed E-state index contributed by atoms with van der Waals surface area (Å²) in [7, 11) is 0. The van der Waals surface area contributed by atoms with Gasteiger partial charge in [0.2, 0.25) is 11.8 Å². The first kappa shape index (κ1) is 21.4. The van der Waals surface area contributed by atoms with Crippen LogP contribution in [0.25, 0.3) is 0 Å². The van der Waals surface area contributed by atoms with E-state index in [1.54, 1.807) is 6.33 Å². The van der Waals surface area contributed by atoms with Crippen molar-refractivity contribution in [2.75, 3.05) is 23.3 Å². The minimum absolute atomic E-state index is 0.0157. The molecule has 3 aromatic rings. The van der Waals surface area contributed by atoms with Gasteiger partial charge in [-0.3, -0.25) is 4.79 Å². The van der Waals surface area contributed by atoms with Crippen LogP contribution < -0.4 is 15.0 Å². The Morgan fingerprint density at radius 1 is 1.03 bits per heavy atom. The van der Waals surface area contributed by atoms with Crippen LogP contribution in [0.5, 0.6) is 11.6 Å².